The van der Waals surface area contributed by atoms with Gasteiger partial charge in [-0.05, 0) is 23.8 Å². The monoisotopic (exact) mass is 436 g/mol. The fraction of sp³-hybridized carbons (Fsp3) is 0.0556. The average molecular weight is 437 g/mol. The molecule has 1 fully saturated rings. The van der Waals surface area contributed by atoms with Gasteiger partial charge in [0.25, 0.3) is 5.91 Å². The molecule has 1 aliphatic heterocycles. The Kier molecular flexibility index (Phi) is 4.86. The number of ether oxygens (including phenoxy) is 1. The zero-order chi connectivity index (χ0) is 19.1. The van der Waals surface area contributed by atoms with Crippen molar-refractivity contribution >= 4 is 74.5 Å². The van der Waals surface area contributed by atoms with Gasteiger partial charge in [0, 0.05) is 29.4 Å². The van der Waals surface area contributed by atoms with E-state index in [9.17, 15) is 4.79 Å². The lowest BCUT2D eigenvalue weighted by Crippen LogP contribution is -2.17. The number of methoxy groups -OCH3 is 1. The van der Waals surface area contributed by atoms with Crippen LogP contribution in [0.1, 0.15) is 5.76 Å². The summed E-state index contributed by atoms with van der Waals surface area (Å²) in [5.41, 5.74) is 2.08. The molecule has 5 nitrogen and oxygen atoms in total. The number of aromatic nitrogens is 1. The van der Waals surface area contributed by atoms with E-state index in [0.717, 1.165) is 16.5 Å². The highest BCUT2D eigenvalue weighted by molar-refractivity contribution is 8.26. The van der Waals surface area contributed by atoms with Gasteiger partial charge in [-0.15, -0.1) is 0 Å². The lowest BCUT2D eigenvalue weighted by atomic mass is 10.1. The van der Waals surface area contributed by atoms with Crippen molar-refractivity contribution in [2.75, 3.05) is 7.11 Å². The number of pyridine rings is 1. The molecular weight excluding hydrogens is 427 g/mol. The van der Waals surface area contributed by atoms with Crippen molar-refractivity contribution in [3.63, 3.8) is 0 Å². The summed E-state index contributed by atoms with van der Waals surface area (Å²) in [6.07, 6.45) is 5.00. The third kappa shape index (κ3) is 3.43. The highest BCUT2D eigenvalue weighted by Gasteiger charge is 2.23. The molecule has 0 bridgehead atoms. The van der Waals surface area contributed by atoms with E-state index in [-0.39, 0.29) is 5.91 Å². The summed E-state index contributed by atoms with van der Waals surface area (Å²) in [5, 5.41) is 4.13. The molecule has 0 spiro atoms. The summed E-state index contributed by atoms with van der Waals surface area (Å²) in [7, 11) is 1.50. The molecule has 1 N–H and O–H groups in total. The van der Waals surface area contributed by atoms with Crippen LogP contribution in [-0.4, -0.2) is 22.3 Å². The number of amides is 1. The molecule has 3 aromatic rings. The number of halogens is 2. The number of carbonyl (C=O) groups is 1. The fourth-order valence-corrected chi connectivity index (χ4v) is 4.39. The Labute approximate surface area is 173 Å². The fourth-order valence-electron chi connectivity index (χ4n) is 2.72. The number of rotatable bonds is 3. The van der Waals surface area contributed by atoms with E-state index >= 15 is 0 Å². The minimum atomic E-state index is -0.238. The molecule has 9 heteroatoms. The SMILES string of the molecule is COc1c(Cl)cc(-c2cncc3cc(C=C4SC(=S)NC4=O)oc23)cc1Cl. The van der Waals surface area contributed by atoms with Gasteiger partial charge in [-0.2, -0.15) is 0 Å². The topological polar surface area (TPSA) is 64.4 Å². The molecule has 0 saturated carbocycles. The zero-order valence-electron chi connectivity index (χ0n) is 13.7. The van der Waals surface area contributed by atoms with E-state index in [1.54, 1.807) is 36.7 Å². The molecule has 1 aromatic carbocycles. The van der Waals surface area contributed by atoms with Crippen LogP contribution in [0.25, 0.3) is 28.2 Å². The number of furan rings is 1. The molecule has 0 aliphatic carbocycles. The molecule has 1 amide bonds. The maximum absolute atomic E-state index is 11.8. The highest BCUT2D eigenvalue weighted by Crippen LogP contribution is 2.39. The summed E-state index contributed by atoms with van der Waals surface area (Å²) in [6, 6.07) is 5.28. The van der Waals surface area contributed by atoms with Crippen molar-refractivity contribution in [2.45, 2.75) is 0 Å². The van der Waals surface area contributed by atoms with Gasteiger partial charge in [-0.25, -0.2) is 0 Å². The van der Waals surface area contributed by atoms with Crippen LogP contribution in [0, 0.1) is 0 Å². The summed E-state index contributed by atoms with van der Waals surface area (Å²) in [5.74, 6) is 0.692. The summed E-state index contributed by atoms with van der Waals surface area (Å²) >= 11 is 18.7. The number of thioether (sulfide) groups is 1. The summed E-state index contributed by atoms with van der Waals surface area (Å²) < 4.78 is 11.6. The molecule has 1 saturated heterocycles. The number of carbonyl (C=O) groups excluding carboxylic acids is 1. The number of hydrogen-bond acceptors (Lipinski definition) is 6. The first kappa shape index (κ1) is 18.3. The van der Waals surface area contributed by atoms with Crippen molar-refractivity contribution in [3.05, 3.63) is 51.3 Å². The van der Waals surface area contributed by atoms with Gasteiger partial charge < -0.3 is 14.5 Å². The van der Waals surface area contributed by atoms with E-state index in [4.69, 9.17) is 44.6 Å². The molecule has 4 rings (SSSR count). The quantitative estimate of drug-likeness (QED) is 0.443. The van der Waals surface area contributed by atoms with Crippen LogP contribution in [0.15, 0.2) is 39.9 Å². The van der Waals surface area contributed by atoms with Gasteiger partial charge in [-0.3, -0.25) is 9.78 Å². The lowest BCUT2D eigenvalue weighted by Gasteiger charge is -2.09. The minimum Gasteiger partial charge on any atom is -0.494 e. The molecule has 136 valence electrons. The third-order valence-electron chi connectivity index (χ3n) is 3.87. The predicted molar refractivity (Wildman–Crippen MR) is 112 cm³/mol. The second-order valence-corrected chi connectivity index (χ2v) is 8.11. The van der Waals surface area contributed by atoms with Crippen molar-refractivity contribution in [2.24, 2.45) is 0 Å². The Morgan fingerprint density at radius 2 is 2.00 bits per heavy atom. The summed E-state index contributed by atoms with van der Waals surface area (Å²) in [4.78, 5) is 16.6. The standard InChI is InChI=1S/C18H10Cl2N2O3S2/c1-24-16-12(19)3-8(4-13(16)20)11-7-21-6-9-2-10(25-15(9)11)5-14-17(23)22-18(26)27-14/h2-7H,1H3,(H,22,23,26). The number of nitrogens with one attached hydrogen (secondary N) is 1. The van der Waals surface area contributed by atoms with Crippen molar-refractivity contribution < 1.29 is 13.9 Å². The molecule has 2 aromatic heterocycles. The Morgan fingerprint density at radius 3 is 2.63 bits per heavy atom. The first-order valence-corrected chi connectivity index (χ1v) is 9.60. The predicted octanol–water partition coefficient (Wildman–Crippen LogP) is 5.30. The van der Waals surface area contributed by atoms with Crippen molar-refractivity contribution in [3.8, 4) is 16.9 Å². The van der Waals surface area contributed by atoms with E-state index < -0.39 is 0 Å². The van der Waals surface area contributed by atoms with Crippen LogP contribution >= 0.6 is 47.2 Å². The average Bonchev–Trinajstić information content (AvgIpc) is 3.16. The first-order valence-electron chi connectivity index (χ1n) is 7.62. The van der Waals surface area contributed by atoms with Gasteiger partial charge in [0.2, 0.25) is 0 Å². The number of hydrogen-bond donors (Lipinski definition) is 1. The van der Waals surface area contributed by atoms with Crippen LogP contribution in [0.4, 0.5) is 0 Å². The van der Waals surface area contributed by atoms with Crippen LogP contribution in [0.5, 0.6) is 5.75 Å². The van der Waals surface area contributed by atoms with Gasteiger partial charge in [-0.1, -0.05) is 47.2 Å². The smallest absolute Gasteiger partial charge is 0.263 e. The van der Waals surface area contributed by atoms with Crippen LogP contribution in [0.2, 0.25) is 10.0 Å². The molecule has 0 atom stereocenters. The first-order chi connectivity index (χ1) is 13.0. The van der Waals surface area contributed by atoms with E-state index in [1.165, 1.54) is 18.9 Å². The van der Waals surface area contributed by atoms with Gasteiger partial charge in [0.1, 0.15) is 15.7 Å². The molecule has 27 heavy (non-hydrogen) atoms. The molecular formula is C18H10Cl2N2O3S2. The van der Waals surface area contributed by atoms with Crippen LogP contribution in [0.3, 0.4) is 0 Å². The lowest BCUT2D eigenvalue weighted by molar-refractivity contribution is -0.115. The molecule has 0 unspecified atom stereocenters. The van der Waals surface area contributed by atoms with Gasteiger partial charge >= 0.3 is 0 Å². The van der Waals surface area contributed by atoms with E-state index in [2.05, 4.69) is 10.3 Å². The zero-order valence-corrected chi connectivity index (χ0v) is 16.9. The third-order valence-corrected chi connectivity index (χ3v) is 5.59. The number of fused-ring (bicyclic) bond motifs is 1. The minimum absolute atomic E-state index is 0.238. The maximum atomic E-state index is 11.8. The van der Waals surface area contributed by atoms with Crippen molar-refractivity contribution in [1.82, 2.24) is 10.3 Å². The number of benzene rings is 1. The van der Waals surface area contributed by atoms with Crippen LogP contribution < -0.4 is 10.1 Å². The van der Waals surface area contributed by atoms with E-state index in [1.807, 2.05) is 0 Å². The largest absolute Gasteiger partial charge is 0.494 e. The second kappa shape index (κ2) is 7.16. The van der Waals surface area contributed by atoms with Crippen molar-refractivity contribution in [1.29, 1.82) is 0 Å². The summed E-state index contributed by atoms with van der Waals surface area (Å²) in [6.45, 7) is 0. The molecule has 3 heterocycles. The van der Waals surface area contributed by atoms with Gasteiger partial charge in [0.15, 0.2) is 5.75 Å². The molecule has 0 radical (unpaired) electrons. The van der Waals surface area contributed by atoms with Gasteiger partial charge in [0.05, 0.1) is 22.1 Å². The van der Waals surface area contributed by atoms with E-state index in [0.29, 0.717) is 36.4 Å². The highest BCUT2D eigenvalue weighted by atomic mass is 35.5. The Bertz CT molecular complexity index is 1120. The maximum Gasteiger partial charge on any atom is 0.263 e. The molecule has 1 aliphatic rings. The second-order valence-electron chi connectivity index (χ2n) is 5.58. The number of nitrogens with zero attached hydrogens (tertiary/aromatic N) is 1. The Balaban J connectivity index is 1.82. The number of thiocarbonyl (C=S) groups is 1. The van der Waals surface area contributed by atoms with Crippen LogP contribution in [-0.2, 0) is 4.79 Å². The Hall–Kier alpha value is -2.06. The normalized spacial score (nSPS) is 15.6. The Morgan fingerprint density at radius 1 is 1.26 bits per heavy atom.